The van der Waals surface area contributed by atoms with E-state index in [0.29, 0.717) is 11.4 Å². The van der Waals surface area contributed by atoms with Crippen molar-refractivity contribution in [2.45, 2.75) is 64.7 Å². The zero-order valence-corrected chi connectivity index (χ0v) is 14.6. The van der Waals surface area contributed by atoms with Crippen molar-refractivity contribution in [1.29, 1.82) is 0 Å². The molecule has 0 spiro atoms. The Hall–Kier alpha value is -0.340. The summed E-state index contributed by atoms with van der Waals surface area (Å²) in [5.74, 6) is 0.216. The first-order valence-corrected chi connectivity index (χ1v) is 8.80. The Balaban J connectivity index is 2.15. The van der Waals surface area contributed by atoms with Crippen molar-refractivity contribution in [2.75, 3.05) is 0 Å². The maximum atomic E-state index is 12.0. The van der Waals surface area contributed by atoms with Gasteiger partial charge in [-0.25, -0.2) is 0 Å². The van der Waals surface area contributed by atoms with Crippen molar-refractivity contribution >= 4 is 33.3 Å². The van der Waals surface area contributed by atoms with E-state index in [1.165, 1.54) is 38.5 Å². The van der Waals surface area contributed by atoms with Gasteiger partial charge in [0.15, 0.2) is 5.78 Å². The van der Waals surface area contributed by atoms with E-state index >= 15 is 0 Å². The van der Waals surface area contributed by atoms with Gasteiger partial charge in [-0.15, -0.1) is 0 Å². The van der Waals surface area contributed by atoms with E-state index in [1.807, 2.05) is 6.07 Å². The minimum Gasteiger partial charge on any atom is -0.294 e. The summed E-state index contributed by atoms with van der Waals surface area (Å²) in [6.07, 6.45) is 10.7. The molecular formula is C17H24BrClO. The molecular weight excluding hydrogens is 336 g/mol. The van der Waals surface area contributed by atoms with Gasteiger partial charge >= 0.3 is 0 Å². The van der Waals surface area contributed by atoms with E-state index in [1.54, 1.807) is 12.1 Å². The van der Waals surface area contributed by atoms with Crippen LogP contribution in [0.3, 0.4) is 0 Å². The Kier molecular flexibility index (Phi) is 9.21. The first-order chi connectivity index (χ1) is 9.65. The smallest absolute Gasteiger partial charge is 0.162 e. The third kappa shape index (κ3) is 6.90. The molecule has 0 atom stereocenters. The summed E-state index contributed by atoms with van der Waals surface area (Å²) in [6.45, 7) is 2.24. The summed E-state index contributed by atoms with van der Waals surface area (Å²) >= 11 is 9.28. The van der Waals surface area contributed by atoms with Crippen LogP contribution in [0.15, 0.2) is 22.7 Å². The Bertz CT molecular complexity index is 417. The fraction of sp³-hybridized carbons (Fsp3) is 0.588. The second-order valence-electron chi connectivity index (χ2n) is 5.28. The van der Waals surface area contributed by atoms with Gasteiger partial charge in [0.05, 0.1) is 5.02 Å². The Morgan fingerprint density at radius 1 is 1.05 bits per heavy atom. The second kappa shape index (κ2) is 10.4. The maximum absolute atomic E-state index is 12.0. The lowest BCUT2D eigenvalue weighted by molar-refractivity contribution is 0.0979. The number of rotatable bonds is 10. The third-order valence-electron chi connectivity index (χ3n) is 3.50. The second-order valence-corrected chi connectivity index (χ2v) is 6.54. The minimum atomic E-state index is 0.216. The average Bonchev–Trinajstić information content (AvgIpc) is 2.44. The molecule has 0 saturated carbocycles. The van der Waals surface area contributed by atoms with Gasteiger partial charge in [0, 0.05) is 16.5 Å². The molecule has 0 bridgehead atoms. The molecule has 1 aromatic carbocycles. The third-order valence-corrected chi connectivity index (χ3v) is 4.71. The molecule has 1 nitrogen and oxygen atoms in total. The first-order valence-electron chi connectivity index (χ1n) is 7.63. The first kappa shape index (κ1) is 17.7. The number of Topliss-reactive ketones (excluding diaryl/α,β-unsaturated/α-hetero) is 1. The van der Waals surface area contributed by atoms with Gasteiger partial charge in [-0.2, -0.15) is 0 Å². The maximum Gasteiger partial charge on any atom is 0.162 e. The van der Waals surface area contributed by atoms with Gasteiger partial charge in [-0.05, 0) is 40.5 Å². The van der Waals surface area contributed by atoms with Crippen LogP contribution >= 0.6 is 27.5 Å². The van der Waals surface area contributed by atoms with Gasteiger partial charge < -0.3 is 0 Å². The predicted molar refractivity (Wildman–Crippen MR) is 90.7 cm³/mol. The molecule has 0 heterocycles. The van der Waals surface area contributed by atoms with Crippen LogP contribution in [-0.2, 0) is 0 Å². The quantitative estimate of drug-likeness (QED) is 0.331. The summed E-state index contributed by atoms with van der Waals surface area (Å²) in [5.41, 5.74) is 0.754. The van der Waals surface area contributed by atoms with Crippen molar-refractivity contribution in [3.63, 3.8) is 0 Å². The summed E-state index contributed by atoms with van der Waals surface area (Å²) in [7, 11) is 0. The lowest BCUT2D eigenvalue weighted by Gasteiger charge is -2.04. The van der Waals surface area contributed by atoms with Crippen LogP contribution in [0.4, 0.5) is 0 Å². The van der Waals surface area contributed by atoms with Gasteiger partial charge in [-0.3, -0.25) is 4.79 Å². The van der Waals surface area contributed by atoms with Crippen molar-refractivity contribution < 1.29 is 4.79 Å². The summed E-state index contributed by atoms with van der Waals surface area (Å²) < 4.78 is 0.793. The van der Waals surface area contributed by atoms with Crippen LogP contribution in [0, 0.1) is 0 Å². The van der Waals surface area contributed by atoms with Crippen LogP contribution in [0.1, 0.15) is 75.1 Å². The molecule has 0 amide bonds. The summed E-state index contributed by atoms with van der Waals surface area (Å²) in [4.78, 5) is 12.0. The van der Waals surface area contributed by atoms with Crippen molar-refractivity contribution in [2.24, 2.45) is 0 Å². The SMILES string of the molecule is CCCCCCCCCCC(=O)c1ccc(Cl)c(Br)c1. The summed E-state index contributed by atoms with van der Waals surface area (Å²) in [6, 6.07) is 5.39. The number of hydrogen-bond acceptors (Lipinski definition) is 1. The molecule has 0 saturated heterocycles. The van der Waals surface area contributed by atoms with E-state index < -0.39 is 0 Å². The van der Waals surface area contributed by atoms with Crippen LogP contribution in [0.2, 0.25) is 5.02 Å². The fourth-order valence-corrected chi connectivity index (χ4v) is 2.73. The molecule has 20 heavy (non-hydrogen) atoms. The number of ketones is 1. The van der Waals surface area contributed by atoms with Crippen LogP contribution < -0.4 is 0 Å². The lowest BCUT2D eigenvalue weighted by atomic mass is 10.0. The van der Waals surface area contributed by atoms with E-state index in [-0.39, 0.29) is 5.78 Å². The van der Waals surface area contributed by atoms with Gasteiger partial charge in [-0.1, -0.05) is 63.5 Å². The minimum absolute atomic E-state index is 0.216. The molecule has 0 aliphatic heterocycles. The predicted octanol–water partition coefficient (Wildman–Crippen LogP) is 6.82. The van der Waals surface area contributed by atoms with Crippen molar-refractivity contribution in [1.82, 2.24) is 0 Å². The number of halogens is 2. The Morgan fingerprint density at radius 3 is 2.25 bits per heavy atom. The lowest BCUT2D eigenvalue weighted by Crippen LogP contribution is -1.99. The molecule has 0 aliphatic rings. The van der Waals surface area contributed by atoms with Crippen molar-refractivity contribution in [3.8, 4) is 0 Å². The molecule has 0 unspecified atom stereocenters. The van der Waals surface area contributed by atoms with Gasteiger partial charge in [0.25, 0.3) is 0 Å². The molecule has 112 valence electrons. The van der Waals surface area contributed by atoms with Crippen molar-refractivity contribution in [3.05, 3.63) is 33.3 Å². The standard InChI is InChI=1S/C17H24BrClO/c1-2-3-4-5-6-7-8-9-10-17(20)14-11-12-16(19)15(18)13-14/h11-13H,2-10H2,1H3. The van der Waals surface area contributed by atoms with E-state index in [4.69, 9.17) is 11.6 Å². The number of carbonyl (C=O) groups is 1. The zero-order chi connectivity index (χ0) is 14.8. The van der Waals surface area contributed by atoms with Crippen LogP contribution in [-0.4, -0.2) is 5.78 Å². The Labute approximate surface area is 136 Å². The highest BCUT2D eigenvalue weighted by Crippen LogP contribution is 2.24. The fourth-order valence-electron chi connectivity index (χ4n) is 2.23. The largest absolute Gasteiger partial charge is 0.294 e. The number of hydrogen-bond donors (Lipinski definition) is 0. The normalized spacial score (nSPS) is 10.8. The molecule has 0 fully saturated rings. The Morgan fingerprint density at radius 2 is 1.65 bits per heavy atom. The van der Waals surface area contributed by atoms with Crippen LogP contribution in [0.25, 0.3) is 0 Å². The van der Waals surface area contributed by atoms with E-state index in [2.05, 4.69) is 22.9 Å². The van der Waals surface area contributed by atoms with Gasteiger partial charge in [0.2, 0.25) is 0 Å². The highest BCUT2D eigenvalue weighted by Gasteiger charge is 2.07. The highest BCUT2D eigenvalue weighted by molar-refractivity contribution is 9.10. The monoisotopic (exact) mass is 358 g/mol. The number of benzene rings is 1. The topological polar surface area (TPSA) is 17.1 Å². The van der Waals surface area contributed by atoms with E-state index in [9.17, 15) is 4.79 Å². The molecule has 0 aromatic heterocycles. The average molecular weight is 360 g/mol. The highest BCUT2D eigenvalue weighted by atomic mass is 79.9. The molecule has 0 N–H and O–H groups in total. The summed E-state index contributed by atoms with van der Waals surface area (Å²) in [5, 5.41) is 0.647. The molecule has 1 aromatic rings. The molecule has 0 radical (unpaired) electrons. The molecule has 0 aliphatic carbocycles. The van der Waals surface area contributed by atoms with Gasteiger partial charge in [0.1, 0.15) is 0 Å². The molecule has 3 heteroatoms. The number of carbonyl (C=O) groups excluding carboxylic acids is 1. The number of unbranched alkanes of at least 4 members (excludes halogenated alkanes) is 7. The van der Waals surface area contributed by atoms with E-state index in [0.717, 1.165) is 22.9 Å². The zero-order valence-electron chi connectivity index (χ0n) is 12.3. The van der Waals surface area contributed by atoms with Crippen LogP contribution in [0.5, 0.6) is 0 Å². The molecule has 1 rings (SSSR count).